The van der Waals surface area contributed by atoms with Gasteiger partial charge in [0.05, 0.1) is 0 Å². The fourth-order valence-corrected chi connectivity index (χ4v) is 3.53. The predicted molar refractivity (Wildman–Crippen MR) is 62.6 cm³/mol. The summed E-state index contributed by atoms with van der Waals surface area (Å²) in [5.41, 5.74) is 6.22. The maximum Gasteiger partial charge on any atom is 0.234 e. The van der Waals surface area contributed by atoms with E-state index in [1.807, 2.05) is 11.4 Å². The lowest BCUT2D eigenvalue weighted by Gasteiger charge is -2.25. The minimum Gasteiger partial charge on any atom is -0.327 e. The fourth-order valence-electron chi connectivity index (χ4n) is 2.40. The van der Waals surface area contributed by atoms with E-state index in [4.69, 9.17) is 5.73 Å². The molecule has 0 amide bonds. The van der Waals surface area contributed by atoms with Gasteiger partial charge in [0.2, 0.25) is 4.96 Å². The Morgan fingerprint density at radius 2 is 2.31 bits per heavy atom. The molecule has 2 atom stereocenters. The number of hydrogen-bond donors (Lipinski definition) is 1. The first-order valence-corrected chi connectivity index (χ1v) is 6.38. The number of nitrogens with zero attached hydrogens (tertiary/aromatic N) is 4. The highest BCUT2D eigenvalue weighted by molar-refractivity contribution is 7.16. The van der Waals surface area contributed by atoms with Crippen molar-refractivity contribution < 1.29 is 0 Å². The molecule has 6 heteroatoms. The van der Waals surface area contributed by atoms with Crippen molar-refractivity contribution in [3.05, 3.63) is 10.8 Å². The monoisotopic (exact) mass is 237 g/mol. The van der Waals surface area contributed by atoms with Crippen molar-refractivity contribution >= 4 is 16.3 Å². The van der Waals surface area contributed by atoms with Gasteiger partial charge < -0.3 is 5.73 Å². The van der Waals surface area contributed by atoms with Crippen LogP contribution in [0.15, 0.2) is 0 Å². The quantitative estimate of drug-likeness (QED) is 0.810. The van der Waals surface area contributed by atoms with E-state index in [-0.39, 0.29) is 11.5 Å². The molecule has 2 heterocycles. The third-order valence-electron chi connectivity index (χ3n) is 3.66. The van der Waals surface area contributed by atoms with E-state index < -0.39 is 0 Å². The second-order valence-electron chi connectivity index (χ2n) is 4.76. The third kappa shape index (κ3) is 1.23. The number of aromatic nitrogens is 4. The van der Waals surface area contributed by atoms with Gasteiger partial charge in [-0.1, -0.05) is 24.7 Å². The molecule has 2 aromatic rings. The number of rotatable bonds is 1. The molecular weight excluding hydrogens is 222 g/mol. The summed E-state index contributed by atoms with van der Waals surface area (Å²) < 4.78 is 1.82. The summed E-state index contributed by atoms with van der Waals surface area (Å²) in [6.07, 6.45) is 3.41. The minimum absolute atomic E-state index is 0.0256. The molecule has 16 heavy (non-hydrogen) atoms. The molecule has 1 saturated carbocycles. The lowest BCUT2D eigenvalue weighted by molar-refractivity contribution is 0.422. The van der Waals surface area contributed by atoms with Gasteiger partial charge in [0.25, 0.3) is 0 Å². The van der Waals surface area contributed by atoms with Crippen molar-refractivity contribution in [3.8, 4) is 0 Å². The molecule has 2 N–H and O–H groups in total. The Morgan fingerprint density at radius 1 is 1.50 bits per heavy atom. The van der Waals surface area contributed by atoms with E-state index in [9.17, 15) is 0 Å². The van der Waals surface area contributed by atoms with Crippen LogP contribution >= 0.6 is 11.3 Å². The fraction of sp³-hybridized carbons (Fsp3) is 0.700. The first-order chi connectivity index (χ1) is 7.61. The van der Waals surface area contributed by atoms with Crippen molar-refractivity contribution in [2.24, 2.45) is 5.73 Å². The summed E-state index contributed by atoms with van der Waals surface area (Å²) in [5, 5.41) is 13.8. The van der Waals surface area contributed by atoms with Gasteiger partial charge in [-0.3, -0.25) is 0 Å². The van der Waals surface area contributed by atoms with Crippen LogP contribution < -0.4 is 5.73 Å². The van der Waals surface area contributed by atoms with Crippen LogP contribution in [0.3, 0.4) is 0 Å². The van der Waals surface area contributed by atoms with Crippen molar-refractivity contribution in [3.63, 3.8) is 0 Å². The maximum atomic E-state index is 6.20. The Kier molecular flexibility index (Phi) is 2.06. The summed E-state index contributed by atoms with van der Waals surface area (Å²) in [7, 11) is 0. The van der Waals surface area contributed by atoms with Crippen LogP contribution in [0.25, 0.3) is 4.96 Å². The van der Waals surface area contributed by atoms with Crippen LogP contribution in [0.1, 0.15) is 37.0 Å². The lowest BCUT2D eigenvalue weighted by atomic mass is 9.86. The molecule has 0 aliphatic heterocycles. The van der Waals surface area contributed by atoms with Gasteiger partial charge in [-0.05, 0) is 19.8 Å². The van der Waals surface area contributed by atoms with Gasteiger partial charge in [-0.15, -0.1) is 10.2 Å². The number of hydrogen-bond acceptors (Lipinski definition) is 5. The first kappa shape index (κ1) is 10.2. The second kappa shape index (κ2) is 3.24. The van der Waals surface area contributed by atoms with E-state index in [0.29, 0.717) is 0 Å². The normalized spacial score (nSPS) is 30.3. The molecule has 1 fully saturated rings. The zero-order chi connectivity index (χ0) is 11.3. The summed E-state index contributed by atoms with van der Waals surface area (Å²) in [6, 6.07) is 0.219. The van der Waals surface area contributed by atoms with E-state index in [2.05, 4.69) is 22.2 Å². The average molecular weight is 237 g/mol. The molecule has 86 valence electrons. The molecule has 0 bridgehead atoms. The van der Waals surface area contributed by atoms with Crippen LogP contribution in [-0.4, -0.2) is 25.9 Å². The highest BCUT2D eigenvalue weighted by Gasteiger charge is 2.41. The number of aryl methyl sites for hydroxylation is 1. The topological polar surface area (TPSA) is 69.1 Å². The number of fused-ring (bicyclic) bond motifs is 1. The van der Waals surface area contributed by atoms with Gasteiger partial charge in [0.15, 0.2) is 5.82 Å². The average Bonchev–Trinajstić information content (AvgIpc) is 2.88. The van der Waals surface area contributed by atoms with Crippen LogP contribution in [0.4, 0.5) is 0 Å². The largest absolute Gasteiger partial charge is 0.327 e. The lowest BCUT2D eigenvalue weighted by Crippen LogP contribution is -2.38. The maximum absolute atomic E-state index is 6.20. The van der Waals surface area contributed by atoms with Gasteiger partial charge in [0.1, 0.15) is 5.01 Å². The SMILES string of the molecule is Cc1nnc2sc(C3(C)CCCC3N)nn12. The first-order valence-electron chi connectivity index (χ1n) is 5.56. The molecule has 1 aliphatic rings. The molecule has 1 aliphatic carbocycles. The molecular formula is C10H15N5S. The zero-order valence-corrected chi connectivity index (χ0v) is 10.3. The summed E-state index contributed by atoms with van der Waals surface area (Å²) in [4.78, 5) is 0.868. The Bertz CT molecular complexity index is 530. The highest BCUT2D eigenvalue weighted by Crippen LogP contribution is 2.41. The Labute approximate surface area is 97.7 Å². The standard InChI is InChI=1S/C10H15N5S/c1-6-12-13-9-15(6)14-8(16-9)10(2)5-3-4-7(10)11/h7H,3-5,11H2,1-2H3. The molecule has 3 rings (SSSR count). The minimum atomic E-state index is 0.0256. The van der Waals surface area contributed by atoms with Crippen molar-refractivity contribution in [1.29, 1.82) is 0 Å². The third-order valence-corrected chi connectivity index (χ3v) is 4.84. The Hall–Kier alpha value is -1.01. The molecule has 0 saturated heterocycles. The van der Waals surface area contributed by atoms with Crippen LogP contribution in [0, 0.1) is 6.92 Å². The van der Waals surface area contributed by atoms with Gasteiger partial charge in [0, 0.05) is 11.5 Å². The van der Waals surface area contributed by atoms with Crippen molar-refractivity contribution in [1.82, 2.24) is 19.8 Å². The Morgan fingerprint density at radius 3 is 2.94 bits per heavy atom. The van der Waals surface area contributed by atoms with E-state index in [1.54, 1.807) is 11.3 Å². The highest BCUT2D eigenvalue weighted by atomic mass is 32.1. The predicted octanol–water partition coefficient (Wildman–Crippen LogP) is 1.26. The molecule has 2 unspecified atom stereocenters. The van der Waals surface area contributed by atoms with Crippen molar-refractivity contribution in [2.45, 2.75) is 44.6 Å². The molecule has 5 nitrogen and oxygen atoms in total. The zero-order valence-electron chi connectivity index (χ0n) is 9.47. The van der Waals surface area contributed by atoms with Gasteiger partial charge in [-0.2, -0.15) is 9.61 Å². The summed E-state index contributed by atoms with van der Waals surface area (Å²) in [5.74, 6) is 0.840. The smallest absolute Gasteiger partial charge is 0.234 e. The molecule has 2 aromatic heterocycles. The van der Waals surface area contributed by atoms with E-state index in [1.165, 1.54) is 6.42 Å². The van der Waals surface area contributed by atoms with Crippen LogP contribution in [0.2, 0.25) is 0 Å². The van der Waals surface area contributed by atoms with E-state index in [0.717, 1.165) is 28.6 Å². The molecule has 0 spiro atoms. The molecule has 0 radical (unpaired) electrons. The van der Waals surface area contributed by atoms with Gasteiger partial charge >= 0.3 is 0 Å². The van der Waals surface area contributed by atoms with Gasteiger partial charge in [-0.25, -0.2) is 0 Å². The van der Waals surface area contributed by atoms with E-state index >= 15 is 0 Å². The van der Waals surface area contributed by atoms with Crippen LogP contribution in [-0.2, 0) is 5.41 Å². The summed E-state index contributed by atoms with van der Waals surface area (Å²) >= 11 is 1.62. The van der Waals surface area contributed by atoms with Crippen LogP contribution in [0.5, 0.6) is 0 Å². The Balaban J connectivity index is 2.11. The molecule has 0 aromatic carbocycles. The second-order valence-corrected chi connectivity index (χ2v) is 5.72. The summed E-state index contributed by atoms with van der Waals surface area (Å²) in [6.45, 7) is 4.13. The number of nitrogens with two attached hydrogens (primary N) is 1. The van der Waals surface area contributed by atoms with Crippen molar-refractivity contribution in [2.75, 3.05) is 0 Å².